The summed E-state index contributed by atoms with van der Waals surface area (Å²) in [4.78, 5) is 58.5. The molecule has 6 aromatic rings. The number of aromatic hydroxyl groups is 1. The van der Waals surface area contributed by atoms with Crippen molar-refractivity contribution in [2.45, 2.75) is 30.3 Å². The molecule has 12 heteroatoms. The van der Waals surface area contributed by atoms with Gasteiger partial charge < -0.3 is 5.11 Å². The van der Waals surface area contributed by atoms with E-state index in [-0.39, 0.29) is 18.7 Å². The monoisotopic (exact) mass is 713 g/mol. The number of aromatic nitrogens is 3. The number of hydrogen-bond donors (Lipinski definition) is 2. The zero-order valence-electron chi connectivity index (χ0n) is 27.3. The molecule has 2 aliphatic heterocycles. The third kappa shape index (κ3) is 4.42. The van der Waals surface area contributed by atoms with E-state index >= 15 is 4.79 Å². The molecule has 1 saturated heterocycles. The first-order valence-electron chi connectivity index (χ1n) is 16.8. The SMILES string of the molecule is O=C1[C@@H]2C[C@@H]3C(=CCn4c(=O)n(-c5ccccc5)c(=O)n43)[C@H](c3c(O)ccc4ccccc34)[C@]2(c2ccc(Cl)cc2)C(=O)N1Nc1ccc(F)cc1. The molecule has 0 radical (unpaired) electrons. The van der Waals surface area contributed by atoms with Gasteiger partial charge in [-0.2, -0.15) is 5.01 Å². The Morgan fingerprint density at radius 3 is 2.27 bits per heavy atom. The van der Waals surface area contributed by atoms with Crippen LogP contribution >= 0.6 is 11.6 Å². The second-order valence-electron chi connectivity index (χ2n) is 13.3. The van der Waals surface area contributed by atoms with E-state index < -0.39 is 52.3 Å². The van der Waals surface area contributed by atoms with Gasteiger partial charge in [-0.3, -0.25) is 15.0 Å². The smallest absolute Gasteiger partial charge is 0.352 e. The lowest BCUT2D eigenvalue weighted by Gasteiger charge is -2.49. The van der Waals surface area contributed by atoms with E-state index in [1.807, 2.05) is 30.3 Å². The van der Waals surface area contributed by atoms with E-state index in [9.17, 15) is 23.9 Å². The molecule has 3 aliphatic rings. The number of amides is 2. The number of rotatable bonds is 5. The zero-order valence-corrected chi connectivity index (χ0v) is 28.1. The van der Waals surface area contributed by atoms with Gasteiger partial charge in [-0.1, -0.05) is 78.3 Å². The van der Waals surface area contributed by atoms with Gasteiger partial charge in [-0.05, 0) is 82.9 Å². The van der Waals surface area contributed by atoms with Crippen molar-refractivity contribution in [2.24, 2.45) is 5.92 Å². The fourth-order valence-corrected chi connectivity index (χ4v) is 8.74. The lowest BCUT2D eigenvalue weighted by molar-refractivity contribution is -0.138. The van der Waals surface area contributed by atoms with Crippen LogP contribution < -0.4 is 16.8 Å². The average Bonchev–Trinajstić information content (AvgIpc) is 3.54. The van der Waals surface area contributed by atoms with E-state index in [1.54, 1.807) is 66.7 Å². The normalized spacial score (nSPS) is 22.2. The molecule has 1 aliphatic carbocycles. The minimum atomic E-state index is -1.66. The summed E-state index contributed by atoms with van der Waals surface area (Å²) in [6.45, 7) is 0.00279. The van der Waals surface area contributed by atoms with E-state index in [0.717, 1.165) is 15.0 Å². The van der Waals surface area contributed by atoms with Gasteiger partial charge in [-0.15, -0.1) is 0 Å². The third-order valence-electron chi connectivity index (χ3n) is 10.8. The van der Waals surface area contributed by atoms with Crippen molar-refractivity contribution in [3.05, 3.63) is 170 Å². The number of benzene rings is 5. The first-order valence-corrected chi connectivity index (χ1v) is 17.1. The Morgan fingerprint density at radius 2 is 1.52 bits per heavy atom. The number of carbonyl (C=O) groups is 2. The molecule has 0 spiro atoms. The molecule has 0 unspecified atom stereocenters. The summed E-state index contributed by atoms with van der Waals surface area (Å²) in [6, 6.07) is 30.6. The Kier molecular flexibility index (Phi) is 7.13. The summed E-state index contributed by atoms with van der Waals surface area (Å²) in [5, 5.41) is 14.7. The van der Waals surface area contributed by atoms with Gasteiger partial charge in [-0.25, -0.2) is 27.9 Å². The minimum Gasteiger partial charge on any atom is -0.508 e. The summed E-state index contributed by atoms with van der Waals surface area (Å²) in [7, 11) is 0. The van der Waals surface area contributed by atoms with Crippen molar-refractivity contribution in [3.63, 3.8) is 0 Å². The number of phenols is 1. The first-order chi connectivity index (χ1) is 25.2. The van der Waals surface area contributed by atoms with Gasteiger partial charge in [0.15, 0.2) is 0 Å². The van der Waals surface area contributed by atoms with Crippen LogP contribution in [0.25, 0.3) is 16.5 Å². The molecule has 1 saturated carbocycles. The Balaban J connectivity index is 1.34. The standard InChI is InChI=1S/C40H29ClFN5O5/c41-25-13-11-24(12-14-25)40-31(36(49)46(37(40)50)43-27-17-15-26(42)16-18-27)22-32-30(35(40)34-29-9-5-4-6-23(29)10-19-33(34)48)20-21-44-38(51)45(39(52)47(32)44)28-7-2-1-3-8-28/h1-20,31-32,35,43,48H,21-22H2/t31-,32+,35+,40+/m0/s1. The van der Waals surface area contributed by atoms with Gasteiger partial charge in [0.25, 0.3) is 11.8 Å². The van der Waals surface area contributed by atoms with Crippen LogP contribution in [0.4, 0.5) is 10.1 Å². The molecule has 10 nitrogen and oxygen atoms in total. The molecule has 258 valence electrons. The number of fused-ring (bicyclic) bond motifs is 5. The van der Waals surface area contributed by atoms with Crippen LogP contribution in [0.5, 0.6) is 5.75 Å². The van der Waals surface area contributed by atoms with E-state index in [1.165, 1.54) is 33.6 Å². The van der Waals surface area contributed by atoms with Gasteiger partial charge in [0, 0.05) is 16.5 Å². The molecule has 2 N–H and O–H groups in total. The van der Waals surface area contributed by atoms with Gasteiger partial charge in [0.05, 0.1) is 35.3 Å². The fraction of sp³-hybridized carbons (Fsp3) is 0.150. The number of carbonyl (C=O) groups excluding carboxylic acids is 2. The number of para-hydroxylation sites is 1. The molecular weight excluding hydrogens is 685 g/mol. The molecule has 1 aromatic heterocycles. The molecule has 5 aromatic carbocycles. The zero-order chi connectivity index (χ0) is 35.9. The number of nitrogens with one attached hydrogen (secondary N) is 1. The highest BCUT2D eigenvalue weighted by Crippen LogP contribution is 2.63. The van der Waals surface area contributed by atoms with Crippen LogP contribution in [-0.2, 0) is 21.5 Å². The second-order valence-corrected chi connectivity index (χ2v) is 13.7. The van der Waals surface area contributed by atoms with Gasteiger partial charge >= 0.3 is 11.4 Å². The molecule has 9 rings (SSSR count). The third-order valence-corrected chi connectivity index (χ3v) is 11.0. The van der Waals surface area contributed by atoms with Crippen LogP contribution in [0.2, 0.25) is 5.02 Å². The molecule has 2 amide bonds. The van der Waals surface area contributed by atoms with E-state index in [2.05, 4.69) is 5.43 Å². The van der Waals surface area contributed by atoms with Crippen LogP contribution in [0.15, 0.2) is 136 Å². The summed E-state index contributed by atoms with van der Waals surface area (Å²) >= 11 is 6.38. The maximum Gasteiger partial charge on any atom is 0.352 e. The Morgan fingerprint density at radius 1 is 0.808 bits per heavy atom. The van der Waals surface area contributed by atoms with Gasteiger partial charge in [0.1, 0.15) is 11.6 Å². The molecule has 4 atom stereocenters. The van der Waals surface area contributed by atoms with Crippen molar-refractivity contribution < 1.29 is 19.1 Å². The van der Waals surface area contributed by atoms with Crippen molar-refractivity contribution in [2.75, 3.05) is 5.43 Å². The number of phenolic OH excluding ortho intramolecular Hbond substituents is 1. The Labute approximate surface area is 300 Å². The van der Waals surface area contributed by atoms with E-state index in [4.69, 9.17) is 11.6 Å². The molecule has 0 bridgehead atoms. The fourth-order valence-electron chi connectivity index (χ4n) is 8.62. The van der Waals surface area contributed by atoms with Crippen LogP contribution in [0.3, 0.4) is 0 Å². The Bertz CT molecular complexity index is 2600. The lowest BCUT2D eigenvalue weighted by atomic mass is 9.52. The highest BCUT2D eigenvalue weighted by molar-refractivity contribution is 6.30. The molecule has 3 heterocycles. The second kappa shape index (κ2) is 11.7. The van der Waals surface area contributed by atoms with Crippen LogP contribution in [-0.4, -0.2) is 35.9 Å². The largest absolute Gasteiger partial charge is 0.508 e. The summed E-state index contributed by atoms with van der Waals surface area (Å²) in [6.07, 6.45) is 1.81. The van der Waals surface area contributed by atoms with Crippen molar-refractivity contribution in [3.8, 4) is 11.4 Å². The lowest BCUT2D eigenvalue weighted by Crippen LogP contribution is -2.53. The highest BCUT2D eigenvalue weighted by atomic mass is 35.5. The molecule has 2 fully saturated rings. The highest BCUT2D eigenvalue weighted by Gasteiger charge is 2.69. The number of halogens is 2. The minimum absolute atomic E-state index is 0.00279. The van der Waals surface area contributed by atoms with Crippen molar-refractivity contribution in [1.29, 1.82) is 0 Å². The van der Waals surface area contributed by atoms with Crippen LogP contribution in [0.1, 0.15) is 29.5 Å². The average molecular weight is 714 g/mol. The van der Waals surface area contributed by atoms with Gasteiger partial charge in [0.2, 0.25) is 0 Å². The molecular formula is C40H29ClFN5O5. The summed E-state index contributed by atoms with van der Waals surface area (Å²) in [5.74, 6) is -3.87. The predicted octanol–water partition coefficient (Wildman–Crippen LogP) is 6.07. The summed E-state index contributed by atoms with van der Waals surface area (Å²) < 4.78 is 17.8. The van der Waals surface area contributed by atoms with Crippen LogP contribution in [0, 0.1) is 11.7 Å². The topological polar surface area (TPSA) is 119 Å². The number of hydrazine groups is 1. The maximum atomic E-state index is 15.4. The predicted molar refractivity (Wildman–Crippen MR) is 193 cm³/mol. The molecule has 52 heavy (non-hydrogen) atoms. The van der Waals surface area contributed by atoms with E-state index in [0.29, 0.717) is 38.5 Å². The number of imide groups is 1. The number of nitrogens with zero attached hydrogens (tertiary/aromatic N) is 4. The number of allylic oxidation sites excluding steroid dienone is 2. The maximum absolute atomic E-state index is 15.4. The van der Waals surface area contributed by atoms with Crippen molar-refractivity contribution in [1.82, 2.24) is 18.9 Å². The van der Waals surface area contributed by atoms with Crippen molar-refractivity contribution >= 4 is 39.9 Å². The number of hydrogen-bond acceptors (Lipinski definition) is 6. The Hall–Kier alpha value is -6.20. The quantitative estimate of drug-likeness (QED) is 0.166. The first kappa shape index (κ1) is 31.8. The number of anilines is 1. The summed E-state index contributed by atoms with van der Waals surface area (Å²) in [5.41, 5.74) is 2.33.